The summed E-state index contributed by atoms with van der Waals surface area (Å²) in [4.78, 5) is 14.4. The number of amides is 1. The van der Waals surface area contributed by atoms with Crippen LogP contribution in [0.15, 0.2) is 18.2 Å². The maximum atomic E-state index is 11.8. The van der Waals surface area contributed by atoms with Gasteiger partial charge in [-0.05, 0) is 19.1 Å². The van der Waals surface area contributed by atoms with E-state index in [1.165, 1.54) is 0 Å². The SMILES string of the molecule is Cc1cccc(CNC(=O)C(F)(F)F)n1. The van der Waals surface area contributed by atoms with Crippen molar-refractivity contribution < 1.29 is 18.0 Å². The van der Waals surface area contributed by atoms with Gasteiger partial charge >= 0.3 is 12.1 Å². The van der Waals surface area contributed by atoms with Crippen molar-refractivity contribution in [2.45, 2.75) is 19.6 Å². The quantitative estimate of drug-likeness (QED) is 0.818. The van der Waals surface area contributed by atoms with Gasteiger partial charge in [0, 0.05) is 5.69 Å². The fraction of sp³-hybridized carbons (Fsp3) is 0.333. The number of carbonyl (C=O) groups excluding carboxylic acids is 1. The number of alkyl halides is 3. The maximum Gasteiger partial charge on any atom is 0.471 e. The Morgan fingerprint density at radius 1 is 1.47 bits per heavy atom. The van der Waals surface area contributed by atoms with E-state index in [-0.39, 0.29) is 6.54 Å². The highest BCUT2D eigenvalue weighted by molar-refractivity contribution is 5.81. The number of nitrogens with one attached hydrogen (secondary N) is 1. The molecule has 1 N–H and O–H groups in total. The standard InChI is InChI=1S/C9H9F3N2O/c1-6-3-2-4-7(14-6)5-13-8(15)9(10,11)12/h2-4H,5H2,1H3,(H,13,15). The summed E-state index contributed by atoms with van der Waals surface area (Å²) in [5.74, 6) is -1.95. The van der Waals surface area contributed by atoms with E-state index in [9.17, 15) is 18.0 Å². The van der Waals surface area contributed by atoms with Crippen molar-refractivity contribution in [1.29, 1.82) is 0 Å². The Kier molecular flexibility index (Phi) is 3.28. The number of nitrogens with zero attached hydrogens (tertiary/aromatic N) is 1. The first kappa shape index (κ1) is 11.5. The van der Waals surface area contributed by atoms with Crippen LogP contribution in [0.5, 0.6) is 0 Å². The molecule has 0 saturated carbocycles. The number of carbonyl (C=O) groups is 1. The molecule has 1 aromatic rings. The zero-order valence-corrected chi connectivity index (χ0v) is 7.93. The molecule has 0 aliphatic heterocycles. The second-order valence-electron chi connectivity index (χ2n) is 2.95. The topological polar surface area (TPSA) is 42.0 Å². The number of halogens is 3. The van der Waals surface area contributed by atoms with Crippen LogP contribution in [-0.2, 0) is 11.3 Å². The second kappa shape index (κ2) is 4.29. The summed E-state index contributed by atoms with van der Waals surface area (Å²) >= 11 is 0. The number of hydrogen-bond donors (Lipinski definition) is 1. The summed E-state index contributed by atoms with van der Waals surface area (Å²) in [5, 5.41) is 1.74. The summed E-state index contributed by atoms with van der Waals surface area (Å²) in [6.45, 7) is 1.50. The van der Waals surface area contributed by atoms with Crippen LogP contribution >= 0.6 is 0 Å². The first-order valence-corrected chi connectivity index (χ1v) is 4.17. The van der Waals surface area contributed by atoms with Gasteiger partial charge in [-0.2, -0.15) is 13.2 Å². The fourth-order valence-electron chi connectivity index (χ4n) is 0.969. The molecule has 0 spiro atoms. The molecule has 0 aromatic carbocycles. The highest BCUT2D eigenvalue weighted by Gasteiger charge is 2.38. The van der Waals surface area contributed by atoms with Gasteiger partial charge in [-0.15, -0.1) is 0 Å². The summed E-state index contributed by atoms with van der Waals surface area (Å²) in [5.41, 5.74) is 1.08. The predicted octanol–water partition coefficient (Wildman–Crippen LogP) is 1.57. The van der Waals surface area contributed by atoms with Crippen LogP contribution in [0.25, 0.3) is 0 Å². The molecule has 0 aliphatic rings. The largest absolute Gasteiger partial charge is 0.471 e. The van der Waals surface area contributed by atoms with Gasteiger partial charge in [0.2, 0.25) is 0 Å². The molecule has 0 fully saturated rings. The van der Waals surface area contributed by atoms with Crippen molar-refractivity contribution in [3.8, 4) is 0 Å². The van der Waals surface area contributed by atoms with Crippen molar-refractivity contribution in [2.24, 2.45) is 0 Å². The Balaban J connectivity index is 2.55. The molecule has 3 nitrogen and oxygen atoms in total. The highest BCUT2D eigenvalue weighted by Crippen LogP contribution is 2.14. The minimum Gasteiger partial charge on any atom is -0.343 e. The summed E-state index contributed by atoms with van der Waals surface area (Å²) in [7, 11) is 0. The predicted molar refractivity (Wildman–Crippen MR) is 46.9 cm³/mol. The Hall–Kier alpha value is -1.59. The Morgan fingerprint density at radius 3 is 2.67 bits per heavy atom. The molecular weight excluding hydrogens is 209 g/mol. The lowest BCUT2D eigenvalue weighted by atomic mass is 10.3. The average Bonchev–Trinajstić information content (AvgIpc) is 2.12. The second-order valence-corrected chi connectivity index (χ2v) is 2.95. The molecule has 0 unspecified atom stereocenters. The monoisotopic (exact) mass is 218 g/mol. The number of aryl methyl sites for hydroxylation is 1. The van der Waals surface area contributed by atoms with Gasteiger partial charge in [-0.25, -0.2) is 0 Å². The fourth-order valence-corrected chi connectivity index (χ4v) is 0.969. The third kappa shape index (κ3) is 3.57. The van der Waals surface area contributed by atoms with Crippen LogP contribution in [-0.4, -0.2) is 17.1 Å². The first-order chi connectivity index (χ1) is 6.89. The van der Waals surface area contributed by atoms with Gasteiger partial charge in [0.05, 0.1) is 12.2 Å². The van der Waals surface area contributed by atoms with Crippen molar-refractivity contribution in [3.05, 3.63) is 29.6 Å². The molecule has 0 saturated heterocycles. The molecule has 0 aliphatic carbocycles. The number of aromatic nitrogens is 1. The van der Waals surface area contributed by atoms with Crippen LogP contribution in [0.4, 0.5) is 13.2 Å². The molecule has 1 amide bonds. The van der Waals surface area contributed by atoms with E-state index in [2.05, 4.69) is 4.98 Å². The smallest absolute Gasteiger partial charge is 0.343 e. The van der Waals surface area contributed by atoms with E-state index in [1.807, 2.05) is 0 Å². The van der Waals surface area contributed by atoms with E-state index in [4.69, 9.17) is 0 Å². The number of rotatable bonds is 2. The number of pyridine rings is 1. The van der Waals surface area contributed by atoms with Crippen LogP contribution in [0, 0.1) is 6.92 Å². The van der Waals surface area contributed by atoms with Gasteiger partial charge in [0.15, 0.2) is 0 Å². The lowest BCUT2D eigenvalue weighted by Gasteiger charge is -2.07. The molecular formula is C9H9F3N2O. The molecule has 0 radical (unpaired) electrons. The molecule has 82 valence electrons. The van der Waals surface area contributed by atoms with Crippen molar-refractivity contribution >= 4 is 5.91 Å². The van der Waals surface area contributed by atoms with Gasteiger partial charge in [0.1, 0.15) is 0 Å². The molecule has 1 aromatic heterocycles. The van der Waals surface area contributed by atoms with Gasteiger partial charge < -0.3 is 5.32 Å². The van der Waals surface area contributed by atoms with E-state index in [1.54, 1.807) is 30.4 Å². The third-order valence-electron chi connectivity index (χ3n) is 1.63. The van der Waals surface area contributed by atoms with Crippen molar-refractivity contribution in [1.82, 2.24) is 10.3 Å². The van der Waals surface area contributed by atoms with Crippen LogP contribution in [0.2, 0.25) is 0 Å². The molecule has 1 heterocycles. The summed E-state index contributed by atoms with van der Waals surface area (Å²) < 4.78 is 35.4. The van der Waals surface area contributed by atoms with Crippen LogP contribution in [0.1, 0.15) is 11.4 Å². The van der Waals surface area contributed by atoms with Gasteiger partial charge in [0.25, 0.3) is 0 Å². The van der Waals surface area contributed by atoms with Crippen LogP contribution in [0.3, 0.4) is 0 Å². The summed E-state index contributed by atoms with van der Waals surface area (Å²) in [6, 6.07) is 4.93. The Morgan fingerprint density at radius 2 is 2.13 bits per heavy atom. The first-order valence-electron chi connectivity index (χ1n) is 4.17. The zero-order valence-electron chi connectivity index (χ0n) is 7.93. The molecule has 0 bridgehead atoms. The maximum absolute atomic E-state index is 11.8. The van der Waals surface area contributed by atoms with Crippen molar-refractivity contribution in [3.63, 3.8) is 0 Å². The normalized spacial score (nSPS) is 11.2. The Bertz CT molecular complexity index is 363. The molecule has 15 heavy (non-hydrogen) atoms. The number of hydrogen-bond acceptors (Lipinski definition) is 2. The van der Waals surface area contributed by atoms with Crippen LogP contribution < -0.4 is 5.32 Å². The van der Waals surface area contributed by atoms with E-state index < -0.39 is 12.1 Å². The zero-order chi connectivity index (χ0) is 11.5. The van der Waals surface area contributed by atoms with E-state index >= 15 is 0 Å². The van der Waals surface area contributed by atoms with E-state index in [0.717, 1.165) is 0 Å². The lowest BCUT2D eigenvalue weighted by Crippen LogP contribution is -2.36. The molecule has 0 atom stereocenters. The van der Waals surface area contributed by atoms with E-state index in [0.29, 0.717) is 11.4 Å². The average molecular weight is 218 g/mol. The van der Waals surface area contributed by atoms with Gasteiger partial charge in [-0.1, -0.05) is 6.07 Å². The molecule has 1 rings (SSSR count). The molecule has 6 heteroatoms. The Labute approximate surface area is 84.3 Å². The lowest BCUT2D eigenvalue weighted by molar-refractivity contribution is -0.173. The minimum absolute atomic E-state index is 0.222. The minimum atomic E-state index is -4.84. The third-order valence-corrected chi connectivity index (χ3v) is 1.63. The van der Waals surface area contributed by atoms with Gasteiger partial charge in [-0.3, -0.25) is 9.78 Å². The summed E-state index contributed by atoms with van der Waals surface area (Å²) in [6.07, 6.45) is -4.84. The van der Waals surface area contributed by atoms with Crippen molar-refractivity contribution in [2.75, 3.05) is 0 Å². The highest BCUT2D eigenvalue weighted by atomic mass is 19.4.